The Labute approximate surface area is 112 Å². The van der Waals surface area contributed by atoms with Crippen molar-refractivity contribution in [1.82, 2.24) is 10.2 Å². The van der Waals surface area contributed by atoms with Gasteiger partial charge in [-0.1, -0.05) is 23.5 Å². The molecule has 0 saturated carbocycles. The first kappa shape index (κ1) is 12.5. The van der Waals surface area contributed by atoms with Crippen molar-refractivity contribution in [1.29, 1.82) is 0 Å². The lowest BCUT2D eigenvalue weighted by Crippen LogP contribution is -2.04. The Hall–Kier alpha value is -0.980. The molecule has 6 heteroatoms. The number of methoxy groups -OCH3 is 1. The van der Waals surface area contributed by atoms with E-state index in [2.05, 4.69) is 26.1 Å². The molecule has 4 nitrogen and oxygen atoms in total. The van der Waals surface area contributed by atoms with Gasteiger partial charge in [-0.15, -0.1) is 10.2 Å². The molecule has 0 saturated heterocycles. The lowest BCUT2D eigenvalue weighted by Gasteiger charge is -2.08. The number of halogens is 1. The molecular formula is C11H11BrN2O2S. The van der Waals surface area contributed by atoms with Gasteiger partial charge in [0.1, 0.15) is 12.4 Å². The zero-order chi connectivity index (χ0) is 12.1. The van der Waals surface area contributed by atoms with E-state index < -0.39 is 0 Å². The summed E-state index contributed by atoms with van der Waals surface area (Å²) in [5.41, 5.74) is 0.951. The van der Waals surface area contributed by atoms with Crippen LogP contribution in [0.1, 0.15) is 0 Å². The van der Waals surface area contributed by atoms with Crippen LogP contribution in [0.2, 0.25) is 0 Å². The summed E-state index contributed by atoms with van der Waals surface area (Å²) < 4.78 is 11.4. The minimum absolute atomic E-state index is 0.521. The fraction of sp³-hybridized carbons (Fsp3) is 0.273. The third-order valence-electron chi connectivity index (χ3n) is 2.06. The number of hydrogen-bond donors (Lipinski definition) is 0. The number of para-hydroxylation sites is 1. The van der Waals surface area contributed by atoms with Crippen molar-refractivity contribution < 1.29 is 9.47 Å². The number of nitrogens with zero attached hydrogens (tertiary/aromatic N) is 2. The van der Waals surface area contributed by atoms with Crippen molar-refractivity contribution in [2.45, 2.75) is 0 Å². The average molecular weight is 315 g/mol. The molecule has 0 spiro atoms. The van der Waals surface area contributed by atoms with Crippen LogP contribution in [-0.4, -0.2) is 30.5 Å². The molecule has 17 heavy (non-hydrogen) atoms. The Kier molecular flexibility index (Phi) is 4.47. The van der Waals surface area contributed by atoms with Crippen molar-refractivity contribution in [3.8, 4) is 16.3 Å². The summed E-state index contributed by atoms with van der Waals surface area (Å²) in [6.07, 6.45) is 0. The third-order valence-corrected chi connectivity index (χ3v) is 3.45. The summed E-state index contributed by atoms with van der Waals surface area (Å²) in [5.74, 6) is 0.799. The van der Waals surface area contributed by atoms with Gasteiger partial charge in [0.15, 0.2) is 8.92 Å². The van der Waals surface area contributed by atoms with Crippen LogP contribution in [0, 0.1) is 0 Å². The van der Waals surface area contributed by atoms with E-state index in [9.17, 15) is 0 Å². The highest BCUT2D eigenvalue weighted by molar-refractivity contribution is 9.11. The van der Waals surface area contributed by atoms with E-state index >= 15 is 0 Å². The standard InChI is InChI=1S/C11H11BrN2O2S/c1-15-6-7-16-9-5-3-2-4-8(9)10-13-14-11(12)17-10/h2-5H,6-7H2,1H3. The number of hydrogen-bond acceptors (Lipinski definition) is 5. The smallest absolute Gasteiger partial charge is 0.183 e. The first-order valence-corrected chi connectivity index (χ1v) is 6.62. The Balaban J connectivity index is 2.21. The highest BCUT2D eigenvalue weighted by Crippen LogP contribution is 2.33. The van der Waals surface area contributed by atoms with E-state index in [0.29, 0.717) is 13.2 Å². The normalized spacial score (nSPS) is 10.5. The average Bonchev–Trinajstić information content (AvgIpc) is 2.77. The number of rotatable bonds is 5. The Morgan fingerprint density at radius 2 is 2.06 bits per heavy atom. The summed E-state index contributed by atoms with van der Waals surface area (Å²) in [5, 5.41) is 8.86. The molecule has 0 N–H and O–H groups in total. The summed E-state index contributed by atoms with van der Waals surface area (Å²) in [7, 11) is 1.65. The van der Waals surface area contributed by atoms with E-state index in [1.165, 1.54) is 11.3 Å². The van der Waals surface area contributed by atoms with Gasteiger partial charge in [0.25, 0.3) is 0 Å². The molecule has 0 aliphatic rings. The van der Waals surface area contributed by atoms with Gasteiger partial charge in [0, 0.05) is 7.11 Å². The SMILES string of the molecule is COCCOc1ccccc1-c1nnc(Br)s1. The summed E-state index contributed by atoms with van der Waals surface area (Å²) in [6, 6.07) is 7.77. The van der Waals surface area contributed by atoms with Crippen LogP contribution in [0.15, 0.2) is 28.2 Å². The molecule has 2 aromatic rings. The molecule has 0 aliphatic heterocycles. The van der Waals surface area contributed by atoms with Crippen molar-refractivity contribution in [2.24, 2.45) is 0 Å². The molecule has 0 fully saturated rings. The molecule has 90 valence electrons. The van der Waals surface area contributed by atoms with Crippen LogP contribution in [0.3, 0.4) is 0 Å². The zero-order valence-corrected chi connectivity index (χ0v) is 11.6. The van der Waals surface area contributed by atoms with Crippen molar-refractivity contribution in [3.05, 3.63) is 28.2 Å². The molecule has 1 aromatic heterocycles. The van der Waals surface area contributed by atoms with Crippen LogP contribution < -0.4 is 4.74 Å². The number of ether oxygens (including phenoxy) is 2. The fourth-order valence-electron chi connectivity index (χ4n) is 1.32. The monoisotopic (exact) mass is 314 g/mol. The van der Waals surface area contributed by atoms with Crippen LogP contribution >= 0.6 is 27.3 Å². The van der Waals surface area contributed by atoms with Crippen LogP contribution in [0.4, 0.5) is 0 Å². The molecule has 0 atom stereocenters. The van der Waals surface area contributed by atoms with Crippen molar-refractivity contribution >= 4 is 27.3 Å². The van der Waals surface area contributed by atoms with Crippen LogP contribution in [-0.2, 0) is 4.74 Å². The minimum Gasteiger partial charge on any atom is -0.490 e. The first-order valence-electron chi connectivity index (χ1n) is 5.01. The van der Waals surface area contributed by atoms with Gasteiger partial charge in [-0.05, 0) is 28.1 Å². The van der Waals surface area contributed by atoms with Gasteiger partial charge in [0.2, 0.25) is 0 Å². The molecule has 2 rings (SSSR count). The van der Waals surface area contributed by atoms with E-state index in [4.69, 9.17) is 9.47 Å². The largest absolute Gasteiger partial charge is 0.490 e. The maximum Gasteiger partial charge on any atom is 0.183 e. The number of aromatic nitrogens is 2. The predicted molar refractivity (Wildman–Crippen MR) is 70.4 cm³/mol. The molecule has 0 amide bonds. The van der Waals surface area contributed by atoms with Crippen LogP contribution in [0.5, 0.6) is 5.75 Å². The first-order chi connectivity index (χ1) is 8.31. The topological polar surface area (TPSA) is 44.2 Å². The maximum absolute atomic E-state index is 5.64. The molecular weight excluding hydrogens is 304 g/mol. The van der Waals surface area contributed by atoms with Crippen molar-refractivity contribution in [2.75, 3.05) is 20.3 Å². The quantitative estimate of drug-likeness (QED) is 0.796. The molecule has 1 aromatic carbocycles. The zero-order valence-electron chi connectivity index (χ0n) is 9.22. The predicted octanol–water partition coefficient (Wildman–Crippen LogP) is 2.99. The fourth-order valence-corrected chi connectivity index (χ4v) is 2.46. The van der Waals surface area contributed by atoms with Gasteiger partial charge in [-0.2, -0.15) is 0 Å². The second kappa shape index (κ2) is 6.09. The number of benzene rings is 1. The van der Waals surface area contributed by atoms with E-state index in [-0.39, 0.29) is 0 Å². The van der Waals surface area contributed by atoms with Gasteiger partial charge < -0.3 is 9.47 Å². The molecule has 0 unspecified atom stereocenters. The second-order valence-electron chi connectivity index (χ2n) is 3.20. The van der Waals surface area contributed by atoms with Crippen LogP contribution in [0.25, 0.3) is 10.6 Å². The molecule has 0 aliphatic carbocycles. The minimum atomic E-state index is 0.521. The lowest BCUT2D eigenvalue weighted by molar-refractivity contribution is 0.146. The van der Waals surface area contributed by atoms with Gasteiger partial charge in [0.05, 0.1) is 12.2 Å². The summed E-state index contributed by atoms with van der Waals surface area (Å²) >= 11 is 4.78. The highest BCUT2D eigenvalue weighted by atomic mass is 79.9. The summed E-state index contributed by atoms with van der Waals surface area (Å²) in [4.78, 5) is 0. The van der Waals surface area contributed by atoms with E-state index in [1.807, 2.05) is 24.3 Å². The Bertz CT molecular complexity index is 490. The summed E-state index contributed by atoms with van der Waals surface area (Å²) in [6.45, 7) is 1.08. The lowest BCUT2D eigenvalue weighted by atomic mass is 10.2. The maximum atomic E-state index is 5.64. The Morgan fingerprint density at radius 1 is 1.24 bits per heavy atom. The second-order valence-corrected chi connectivity index (χ2v) is 5.45. The molecule has 1 heterocycles. The van der Waals surface area contributed by atoms with Crippen molar-refractivity contribution in [3.63, 3.8) is 0 Å². The van der Waals surface area contributed by atoms with Gasteiger partial charge in [-0.3, -0.25) is 0 Å². The van der Waals surface area contributed by atoms with Gasteiger partial charge in [-0.25, -0.2) is 0 Å². The Morgan fingerprint density at radius 3 is 2.76 bits per heavy atom. The molecule has 0 radical (unpaired) electrons. The van der Waals surface area contributed by atoms with Gasteiger partial charge >= 0.3 is 0 Å². The third kappa shape index (κ3) is 3.24. The molecule has 0 bridgehead atoms. The van der Waals surface area contributed by atoms with E-state index in [0.717, 1.165) is 20.2 Å². The highest BCUT2D eigenvalue weighted by Gasteiger charge is 2.10. The van der Waals surface area contributed by atoms with E-state index in [1.54, 1.807) is 7.11 Å².